The van der Waals surface area contributed by atoms with Crippen LogP contribution in [0, 0.1) is 0 Å². The van der Waals surface area contributed by atoms with Crippen molar-refractivity contribution in [3.63, 3.8) is 0 Å². The molecule has 0 unspecified atom stereocenters. The number of carbonyl (C=O) groups is 2. The predicted octanol–water partition coefficient (Wildman–Crippen LogP) is 0.593. The second-order valence-electron chi connectivity index (χ2n) is 3.47. The standard InChI is InChI=1S/C10H11NO5S/c1-11(17(2,15)16)9-4-7(6-12)3-8(5-9)10(13)14/h3-6H,1-2H3,(H,13,14). The maximum Gasteiger partial charge on any atom is 0.335 e. The van der Waals surface area contributed by atoms with Gasteiger partial charge in [-0.1, -0.05) is 0 Å². The van der Waals surface area contributed by atoms with E-state index in [0.717, 1.165) is 10.6 Å². The molecule has 0 aromatic heterocycles. The summed E-state index contributed by atoms with van der Waals surface area (Å²) < 4.78 is 23.5. The van der Waals surface area contributed by atoms with E-state index in [1.165, 1.54) is 25.2 Å². The molecule has 1 aromatic carbocycles. The van der Waals surface area contributed by atoms with Gasteiger partial charge in [-0.15, -0.1) is 0 Å². The Kier molecular flexibility index (Phi) is 3.52. The summed E-state index contributed by atoms with van der Waals surface area (Å²) >= 11 is 0. The van der Waals surface area contributed by atoms with Crippen LogP contribution in [0.3, 0.4) is 0 Å². The molecule has 0 fully saturated rings. The van der Waals surface area contributed by atoms with Crippen LogP contribution in [0.15, 0.2) is 18.2 Å². The van der Waals surface area contributed by atoms with Crippen LogP contribution in [0.1, 0.15) is 20.7 Å². The molecule has 0 radical (unpaired) electrons. The van der Waals surface area contributed by atoms with E-state index in [1.807, 2.05) is 0 Å². The Labute approximate surface area is 98.5 Å². The highest BCUT2D eigenvalue weighted by atomic mass is 32.2. The number of hydrogen-bond acceptors (Lipinski definition) is 4. The lowest BCUT2D eigenvalue weighted by molar-refractivity contribution is 0.0697. The molecule has 0 aliphatic carbocycles. The monoisotopic (exact) mass is 257 g/mol. The number of benzene rings is 1. The molecule has 0 aliphatic rings. The fourth-order valence-electron chi connectivity index (χ4n) is 1.20. The molecule has 0 aliphatic heterocycles. The third-order valence-corrected chi connectivity index (χ3v) is 3.39. The Hall–Kier alpha value is -1.89. The lowest BCUT2D eigenvalue weighted by Gasteiger charge is -2.17. The zero-order valence-corrected chi connectivity index (χ0v) is 10.1. The van der Waals surface area contributed by atoms with E-state index < -0.39 is 16.0 Å². The quantitative estimate of drug-likeness (QED) is 0.797. The van der Waals surface area contributed by atoms with Gasteiger partial charge in [0.1, 0.15) is 6.29 Å². The Morgan fingerprint density at radius 1 is 1.35 bits per heavy atom. The second-order valence-corrected chi connectivity index (χ2v) is 5.48. The molecule has 7 heteroatoms. The first-order chi connectivity index (χ1) is 7.75. The molecule has 17 heavy (non-hydrogen) atoms. The number of aldehydes is 1. The Bertz CT molecular complexity index is 564. The van der Waals surface area contributed by atoms with Gasteiger partial charge in [-0.25, -0.2) is 13.2 Å². The number of nitrogens with zero attached hydrogens (tertiary/aromatic N) is 1. The first-order valence-electron chi connectivity index (χ1n) is 4.53. The van der Waals surface area contributed by atoms with Crippen molar-refractivity contribution in [1.29, 1.82) is 0 Å². The number of carbonyl (C=O) groups excluding carboxylic acids is 1. The molecule has 0 spiro atoms. The highest BCUT2D eigenvalue weighted by Crippen LogP contribution is 2.19. The van der Waals surface area contributed by atoms with Gasteiger partial charge in [-0.05, 0) is 18.2 Å². The smallest absolute Gasteiger partial charge is 0.335 e. The van der Waals surface area contributed by atoms with E-state index in [-0.39, 0.29) is 16.8 Å². The molecule has 1 rings (SSSR count). The zero-order valence-electron chi connectivity index (χ0n) is 9.25. The molecular weight excluding hydrogens is 246 g/mol. The van der Waals surface area contributed by atoms with Gasteiger partial charge in [0.15, 0.2) is 0 Å². The summed E-state index contributed by atoms with van der Waals surface area (Å²) in [6.45, 7) is 0. The molecule has 1 N–H and O–H groups in total. The summed E-state index contributed by atoms with van der Waals surface area (Å²) in [5.41, 5.74) is 0.102. The van der Waals surface area contributed by atoms with Gasteiger partial charge in [0.2, 0.25) is 10.0 Å². The van der Waals surface area contributed by atoms with Crippen molar-refractivity contribution in [3.8, 4) is 0 Å². The summed E-state index contributed by atoms with van der Waals surface area (Å²) in [5, 5.41) is 8.83. The molecule has 0 saturated carbocycles. The van der Waals surface area contributed by atoms with Gasteiger partial charge in [-0.3, -0.25) is 9.10 Å². The van der Waals surface area contributed by atoms with Crippen LogP contribution in [0.5, 0.6) is 0 Å². The molecule has 6 nitrogen and oxygen atoms in total. The first kappa shape index (κ1) is 13.2. The van der Waals surface area contributed by atoms with Crippen LogP contribution in [0.2, 0.25) is 0 Å². The molecule has 0 bridgehead atoms. The normalized spacial score (nSPS) is 10.9. The first-order valence-corrected chi connectivity index (χ1v) is 6.38. The third-order valence-electron chi connectivity index (χ3n) is 2.18. The van der Waals surface area contributed by atoms with Crippen molar-refractivity contribution in [2.24, 2.45) is 0 Å². The molecule has 0 atom stereocenters. The van der Waals surface area contributed by atoms with Gasteiger partial charge in [0.25, 0.3) is 0 Å². The van der Waals surface area contributed by atoms with Crippen molar-refractivity contribution in [3.05, 3.63) is 29.3 Å². The molecular formula is C10H11NO5S. The van der Waals surface area contributed by atoms with E-state index in [2.05, 4.69) is 0 Å². The van der Waals surface area contributed by atoms with Crippen LogP contribution in [0.25, 0.3) is 0 Å². The lowest BCUT2D eigenvalue weighted by Crippen LogP contribution is -2.25. The molecule has 1 aromatic rings. The average Bonchev–Trinajstić information content (AvgIpc) is 2.26. The molecule has 92 valence electrons. The minimum Gasteiger partial charge on any atom is -0.478 e. The number of carboxylic acids is 1. The van der Waals surface area contributed by atoms with Crippen LogP contribution < -0.4 is 4.31 Å². The number of aromatic carboxylic acids is 1. The van der Waals surface area contributed by atoms with Gasteiger partial charge in [0.05, 0.1) is 17.5 Å². The lowest BCUT2D eigenvalue weighted by atomic mass is 10.1. The van der Waals surface area contributed by atoms with Gasteiger partial charge in [-0.2, -0.15) is 0 Å². The number of anilines is 1. The fraction of sp³-hybridized carbons (Fsp3) is 0.200. The molecule has 0 saturated heterocycles. The van der Waals surface area contributed by atoms with E-state index >= 15 is 0 Å². The minimum atomic E-state index is -3.50. The summed E-state index contributed by atoms with van der Waals surface area (Å²) in [5.74, 6) is -1.23. The van der Waals surface area contributed by atoms with E-state index in [1.54, 1.807) is 0 Å². The maximum absolute atomic E-state index is 11.3. The highest BCUT2D eigenvalue weighted by Gasteiger charge is 2.15. The zero-order chi connectivity index (χ0) is 13.2. The van der Waals surface area contributed by atoms with Crippen molar-refractivity contribution in [2.45, 2.75) is 0 Å². The van der Waals surface area contributed by atoms with Crippen LogP contribution in [-0.2, 0) is 10.0 Å². The Morgan fingerprint density at radius 3 is 2.35 bits per heavy atom. The summed E-state index contributed by atoms with van der Waals surface area (Å²) in [6, 6.07) is 3.67. The van der Waals surface area contributed by atoms with Crippen molar-refractivity contribution < 1.29 is 23.1 Å². The SMILES string of the molecule is CN(c1cc(C=O)cc(C(=O)O)c1)S(C)(=O)=O. The van der Waals surface area contributed by atoms with E-state index in [4.69, 9.17) is 5.11 Å². The number of carboxylic acid groups (broad SMARTS) is 1. The predicted molar refractivity (Wildman–Crippen MR) is 62.0 cm³/mol. The molecule has 0 amide bonds. The number of rotatable bonds is 4. The van der Waals surface area contributed by atoms with E-state index in [9.17, 15) is 18.0 Å². The maximum atomic E-state index is 11.3. The average molecular weight is 257 g/mol. The number of hydrogen-bond donors (Lipinski definition) is 1. The third kappa shape index (κ3) is 3.04. The van der Waals surface area contributed by atoms with Crippen molar-refractivity contribution in [2.75, 3.05) is 17.6 Å². The minimum absolute atomic E-state index is 0.107. The largest absolute Gasteiger partial charge is 0.478 e. The van der Waals surface area contributed by atoms with Crippen LogP contribution in [0.4, 0.5) is 5.69 Å². The van der Waals surface area contributed by atoms with Gasteiger partial charge >= 0.3 is 5.97 Å². The topological polar surface area (TPSA) is 91.8 Å². The van der Waals surface area contributed by atoms with Crippen molar-refractivity contribution in [1.82, 2.24) is 0 Å². The van der Waals surface area contributed by atoms with Crippen molar-refractivity contribution >= 4 is 28.0 Å². The highest BCUT2D eigenvalue weighted by molar-refractivity contribution is 7.92. The number of sulfonamides is 1. The fourth-order valence-corrected chi connectivity index (χ4v) is 1.69. The van der Waals surface area contributed by atoms with Crippen LogP contribution in [-0.4, -0.2) is 39.1 Å². The Balaban J connectivity index is 3.39. The van der Waals surface area contributed by atoms with E-state index in [0.29, 0.717) is 6.29 Å². The molecule has 0 heterocycles. The Morgan fingerprint density at radius 2 is 1.94 bits per heavy atom. The second kappa shape index (κ2) is 4.54. The van der Waals surface area contributed by atoms with Gasteiger partial charge < -0.3 is 5.11 Å². The van der Waals surface area contributed by atoms with Crippen LogP contribution >= 0.6 is 0 Å². The summed E-state index contributed by atoms with van der Waals surface area (Å²) in [6.07, 6.45) is 1.45. The summed E-state index contributed by atoms with van der Waals surface area (Å²) in [7, 11) is -2.22. The van der Waals surface area contributed by atoms with Gasteiger partial charge in [0, 0.05) is 12.6 Å². The summed E-state index contributed by atoms with van der Waals surface area (Å²) in [4.78, 5) is 21.5.